The second-order valence-corrected chi connectivity index (χ2v) is 7.92. The molecule has 12 nitrogen and oxygen atoms in total. The third-order valence-electron chi connectivity index (χ3n) is 4.44. The number of carbonyl (C=O) groups excluding carboxylic acids is 4. The molecule has 0 bridgehead atoms. The fourth-order valence-electron chi connectivity index (χ4n) is 2.45. The van der Waals surface area contributed by atoms with Crippen LogP contribution in [-0.2, 0) is 48.6 Å². The summed E-state index contributed by atoms with van der Waals surface area (Å²) in [5, 5.41) is 21.6. The Hall–Kier alpha value is -4.06. The molecule has 0 unspecified atom stereocenters. The monoisotopic (exact) mass is 622 g/mol. The number of rotatable bonds is 16. The molecule has 0 atom stereocenters. The van der Waals surface area contributed by atoms with Crippen LogP contribution in [0.4, 0.5) is 0 Å². The topological polar surface area (TPSA) is 170 Å². The van der Waals surface area contributed by atoms with Crippen LogP contribution < -0.4 is 19.7 Å². The first-order valence-corrected chi connectivity index (χ1v) is 11.9. The summed E-state index contributed by atoms with van der Waals surface area (Å²) in [4.78, 5) is 61.7. The summed E-state index contributed by atoms with van der Waals surface area (Å²) in [5.41, 5.74) is 0.456. The molecule has 0 spiro atoms. The third-order valence-corrected chi connectivity index (χ3v) is 4.44. The molecule has 0 aliphatic heterocycles. The molecular formula is C28H30O12Zn. The molecule has 0 N–H and O–H groups in total. The number of carboxylic acids is 2. The van der Waals surface area contributed by atoms with Gasteiger partial charge in [0.1, 0.15) is 11.5 Å². The van der Waals surface area contributed by atoms with E-state index in [9.17, 15) is 29.4 Å². The van der Waals surface area contributed by atoms with Crippen LogP contribution in [0, 0.1) is 0 Å². The van der Waals surface area contributed by atoms with Gasteiger partial charge < -0.3 is 29.3 Å². The molecule has 0 saturated carbocycles. The van der Waals surface area contributed by atoms with Crippen LogP contribution in [-0.4, -0.2) is 50.3 Å². The largest absolute Gasteiger partial charge is 2.00 e. The fourth-order valence-corrected chi connectivity index (χ4v) is 2.45. The number of hydrogen-bond acceptors (Lipinski definition) is 12. The van der Waals surface area contributed by atoms with Crippen LogP contribution in [0.15, 0.2) is 72.8 Å². The minimum atomic E-state index is -1.30. The summed E-state index contributed by atoms with van der Waals surface area (Å²) < 4.78 is 10.6. The van der Waals surface area contributed by atoms with Gasteiger partial charge in [-0.1, -0.05) is 37.4 Å². The van der Waals surface area contributed by atoms with Gasteiger partial charge >= 0.3 is 31.4 Å². The molecule has 0 radical (unpaired) electrons. The van der Waals surface area contributed by atoms with Crippen molar-refractivity contribution >= 4 is 23.9 Å². The number of hydrogen-bond donors (Lipinski definition) is 0. The molecule has 0 aromatic heterocycles. The molecule has 0 fully saturated rings. The number of carboxylic acid groups (broad SMARTS) is 2. The van der Waals surface area contributed by atoms with Crippen molar-refractivity contribution in [2.24, 2.45) is 0 Å². The zero-order valence-corrected chi connectivity index (χ0v) is 25.8. The van der Waals surface area contributed by atoms with Crippen molar-refractivity contribution in [1.29, 1.82) is 0 Å². The van der Waals surface area contributed by atoms with Crippen LogP contribution in [0.1, 0.15) is 47.4 Å². The van der Waals surface area contributed by atoms with E-state index in [0.717, 1.165) is 0 Å². The van der Waals surface area contributed by atoms with Crippen LogP contribution in [0.5, 0.6) is 11.5 Å². The van der Waals surface area contributed by atoms with E-state index in [2.05, 4.69) is 32.7 Å². The van der Waals surface area contributed by atoms with E-state index in [1.165, 1.54) is 38.1 Å². The Labute approximate surface area is 250 Å². The van der Waals surface area contributed by atoms with Gasteiger partial charge in [-0.3, -0.25) is 9.78 Å². The molecule has 0 amide bonds. The molecule has 2 aromatic rings. The Balaban J connectivity index is 0.000000762. The van der Waals surface area contributed by atoms with E-state index >= 15 is 0 Å². The van der Waals surface area contributed by atoms with E-state index in [-0.39, 0.29) is 79.7 Å². The first-order valence-electron chi connectivity index (χ1n) is 11.9. The summed E-state index contributed by atoms with van der Waals surface area (Å²) in [6.07, 6.45) is 0.843. The maximum Gasteiger partial charge on any atom is 2.00 e. The first kappa shape index (κ1) is 36.9. The fraction of sp³-hybridized carbons (Fsp3) is 0.286. The molecule has 2 rings (SSSR count). The van der Waals surface area contributed by atoms with Gasteiger partial charge in [-0.15, -0.1) is 0 Å². The predicted molar refractivity (Wildman–Crippen MR) is 135 cm³/mol. The Kier molecular flexibility index (Phi) is 18.7. The summed E-state index contributed by atoms with van der Waals surface area (Å²) in [5.74, 6) is -3.40. The molecule has 0 heterocycles. The Bertz CT molecular complexity index is 1090. The van der Waals surface area contributed by atoms with Crippen LogP contribution in [0.3, 0.4) is 0 Å². The smallest absolute Gasteiger partial charge is 0.545 e. The van der Waals surface area contributed by atoms with Crippen LogP contribution >= 0.6 is 0 Å². The van der Waals surface area contributed by atoms with E-state index in [4.69, 9.17) is 9.47 Å². The predicted octanol–water partition coefficient (Wildman–Crippen LogP) is 1.74. The molecule has 0 aliphatic rings. The maximum absolute atomic E-state index is 11.0. The quantitative estimate of drug-likeness (QED) is 0.0874. The first-order chi connectivity index (χ1) is 19.0. The number of ether oxygens (including phenoxy) is 2. The van der Waals surface area contributed by atoms with Crippen molar-refractivity contribution in [3.8, 4) is 11.5 Å². The standard InChI is InChI=1S/2C14H16O6.Zn/c2*1-10(2)14(17)20-19-9-5-8-18-12-7-4-3-6-11(12)13(15)16;/h2*3-4,6-7H,1,5,8-9H2,2H3,(H,15,16);/q;;+2/p-2. The van der Waals surface area contributed by atoms with Gasteiger partial charge in [0, 0.05) is 35.1 Å². The number of carbonyl (C=O) groups is 4. The second-order valence-electron chi connectivity index (χ2n) is 7.92. The molecule has 216 valence electrons. The van der Waals surface area contributed by atoms with Crippen molar-refractivity contribution < 1.29 is 77.9 Å². The van der Waals surface area contributed by atoms with Crippen molar-refractivity contribution in [2.75, 3.05) is 26.4 Å². The minimum Gasteiger partial charge on any atom is -0.545 e. The van der Waals surface area contributed by atoms with Gasteiger partial charge in [0.25, 0.3) is 0 Å². The molecule has 0 saturated heterocycles. The van der Waals surface area contributed by atoms with E-state index in [1.54, 1.807) is 24.3 Å². The van der Waals surface area contributed by atoms with Crippen molar-refractivity contribution in [1.82, 2.24) is 0 Å². The average Bonchev–Trinajstić information content (AvgIpc) is 2.92. The van der Waals surface area contributed by atoms with Crippen molar-refractivity contribution in [2.45, 2.75) is 26.7 Å². The molecular weight excluding hydrogens is 594 g/mol. The maximum atomic E-state index is 11.0. The summed E-state index contributed by atoms with van der Waals surface area (Å²) >= 11 is 0. The van der Waals surface area contributed by atoms with Crippen LogP contribution in [0.2, 0.25) is 0 Å². The molecule has 13 heteroatoms. The molecule has 0 aliphatic carbocycles. The number of benzene rings is 2. The zero-order chi connectivity index (χ0) is 29.9. The van der Waals surface area contributed by atoms with E-state index < -0.39 is 23.9 Å². The Morgan fingerprint density at radius 1 is 0.634 bits per heavy atom. The van der Waals surface area contributed by atoms with Crippen molar-refractivity contribution in [3.63, 3.8) is 0 Å². The second kappa shape index (κ2) is 20.8. The average molecular weight is 624 g/mol. The zero-order valence-electron chi connectivity index (χ0n) is 22.9. The Morgan fingerprint density at radius 3 is 1.29 bits per heavy atom. The van der Waals surface area contributed by atoms with E-state index in [0.29, 0.717) is 12.8 Å². The minimum absolute atomic E-state index is 0. The molecule has 41 heavy (non-hydrogen) atoms. The van der Waals surface area contributed by atoms with E-state index in [1.807, 2.05) is 0 Å². The van der Waals surface area contributed by atoms with Gasteiger partial charge in [-0.2, -0.15) is 9.78 Å². The van der Waals surface area contributed by atoms with Gasteiger partial charge in [-0.25, -0.2) is 9.59 Å². The number of aromatic carboxylic acids is 2. The third kappa shape index (κ3) is 15.3. The SMILES string of the molecule is C=C(C)C(=O)OOCCCOc1ccccc1C(=O)[O-].C=C(C)C(=O)OOCCCOc1ccccc1C(=O)[O-].[Zn+2]. The van der Waals surface area contributed by atoms with Gasteiger partial charge in [0.2, 0.25) is 0 Å². The van der Waals surface area contributed by atoms with Crippen molar-refractivity contribution in [3.05, 3.63) is 84.0 Å². The molecule has 2 aromatic carbocycles. The summed E-state index contributed by atoms with van der Waals surface area (Å²) in [6.45, 7) is 10.5. The van der Waals surface area contributed by atoms with Gasteiger partial charge in [0.05, 0.1) is 38.4 Å². The summed E-state index contributed by atoms with van der Waals surface area (Å²) in [7, 11) is 0. The number of para-hydroxylation sites is 2. The summed E-state index contributed by atoms with van der Waals surface area (Å²) in [6, 6.07) is 12.3. The van der Waals surface area contributed by atoms with Crippen LogP contribution in [0.25, 0.3) is 0 Å². The Morgan fingerprint density at radius 2 is 0.976 bits per heavy atom. The van der Waals surface area contributed by atoms with Gasteiger partial charge in [-0.05, 0) is 38.1 Å². The normalized spacial score (nSPS) is 9.61. The van der Waals surface area contributed by atoms with Gasteiger partial charge in [0.15, 0.2) is 0 Å².